The molecular formula is C17H35N5. The Morgan fingerprint density at radius 2 is 1.95 bits per heavy atom. The van der Waals surface area contributed by atoms with E-state index in [0.717, 1.165) is 25.6 Å². The zero-order chi connectivity index (χ0) is 16.0. The highest BCUT2D eigenvalue weighted by atomic mass is 15.3. The maximum absolute atomic E-state index is 4.46. The quantitative estimate of drug-likeness (QED) is 0.482. The van der Waals surface area contributed by atoms with Crippen LogP contribution in [0.1, 0.15) is 33.1 Å². The summed E-state index contributed by atoms with van der Waals surface area (Å²) in [6.07, 6.45) is 3.75. The topological polar surface area (TPSA) is 34.1 Å². The maximum atomic E-state index is 4.46. The first-order chi connectivity index (χ1) is 10.5. The van der Waals surface area contributed by atoms with Crippen molar-refractivity contribution in [2.75, 3.05) is 66.5 Å². The van der Waals surface area contributed by atoms with E-state index in [4.69, 9.17) is 0 Å². The lowest BCUT2D eigenvalue weighted by atomic mass is 9.93. The summed E-state index contributed by atoms with van der Waals surface area (Å²) in [6.45, 7) is 14.1. The van der Waals surface area contributed by atoms with Gasteiger partial charge in [-0.3, -0.25) is 4.99 Å². The first-order valence-electron chi connectivity index (χ1n) is 8.87. The predicted octanol–water partition coefficient (Wildman–Crippen LogP) is 1.32. The number of guanidine groups is 1. The minimum Gasteiger partial charge on any atom is -0.356 e. The highest BCUT2D eigenvalue weighted by molar-refractivity contribution is 5.80. The van der Waals surface area contributed by atoms with Crippen molar-refractivity contribution in [3.63, 3.8) is 0 Å². The lowest BCUT2D eigenvalue weighted by Crippen LogP contribution is -2.41. The van der Waals surface area contributed by atoms with Crippen LogP contribution in [0.4, 0.5) is 0 Å². The van der Waals surface area contributed by atoms with Gasteiger partial charge in [0.25, 0.3) is 0 Å². The highest BCUT2D eigenvalue weighted by Crippen LogP contribution is 2.28. The van der Waals surface area contributed by atoms with Gasteiger partial charge in [-0.15, -0.1) is 0 Å². The third-order valence-electron chi connectivity index (χ3n) is 4.94. The average molecular weight is 310 g/mol. The molecule has 5 heteroatoms. The molecule has 0 radical (unpaired) electrons. The minimum absolute atomic E-state index is 0.426. The lowest BCUT2D eigenvalue weighted by molar-refractivity contribution is 0.273. The van der Waals surface area contributed by atoms with Crippen LogP contribution in [0.3, 0.4) is 0 Å². The Morgan fingerprint density at radius 1 is 1.14 bits per heavy atom. The second-order valence-corrected chi connectivity index (χ2v) is 7.66. The van der Waals surface area contributed by atoms with Gasteiger partial charge in [0.05, 0.1) is 0 Å². The molecule has 0 aromatic heterocycles. The van der Waals surface area contributed by atoms with E-state index in [1.165, 1.54) is 52.0 Å². The van der Waals surface area contributed by atoms with Gasteiger partial charge in [0.2, 0.25) is 0 Å². The molecule has 22 heavy (non-hydrogen) atoms. The Bertz CT molecular complexity index is 366. The molecule has 2 fully saturated rings. The fraction of sp³-hybridized carbons (Fsp3) is 0.941. The minimum atomic E-state index is 0.426. The Balaban J connectivity index is 1.65. The second-order valence-electron chi connectivity index (χ2n) is 7.66. The number of nitrogens with zero attached hydrogens (tertiary/aromatic N) is 4. The molecule has 2 rings (SSSR count). The monoisotopic (exact) mass is 309 g/mol. The van der Waals surface area contributed by atoms with Crippen molar-refractivity contribution >= 4 is 5.96 Å². The number of nitrogens with one attached hydrogen (secondary N) is 1. The van der Waals surface area contributed by atoms with E-state index in [9.17, 15) is 0 Å². The van der Waals surface area contributed by atoms with Crippen LogP contribution in [0.2, 0.25) is 0 Å². The van der Waals surface area contributed by atoms with Crippen LogP contribution >= 0.6 is 0 Å². The first kappa shape index (κ1) is 17.5. The molecule has 1 N–H and O–H groups in total. The van der Waals surface area contributed by atoms with Crippen LogP contribution in [-0.4, -0.2) is 87.1 Å². The Hall–Kier alpha value is -0.810. The second kappa shape index (κ2) is 8.16. The SMILES string of the molecule is CN=C(NCCCN1CCCN(C)CC1)N1CCC(C)(C)C1. The molecule has 0 aromatic rings. The maximum Gasteiger partial charge on any atom is 0.193 e. The van der Waals surface area contributed by atoms with Crippen LogP contribution in [0.5, 0.6) is 0 Å². The van der Waals surface area contributed by atoms with E-state index in [1.807, 2.05) is 7.05 Å². The van der Waals surface area contributed by atoms with E-state index >= 15 is 0 Å². The Kier molecular flexibility index (Phi) is 6.50. The lowest BCUT2D eigenvalue weighted by Gasteiger charge is -2.24. The van der Waals surface area contributed by atoms with E-state index in [0.29, 0.717) is 5.41 Å². The van der Waals surface area contributed by atoms with Gasteiger partial charge in [0, 0.05) is 39.8 Å². The summed E-state index contributed by atoms with van der Waals surface area (Å²) in [5.74, 6) is 1.08. The van der Waals surface area contributed by atoms with Crippen LogP contribution in [0.25, 0.3) is 0 Å². The number of hydrogen-bond donors (Lipinski definition) is 1. The molecule has 0 bridgehead atoms. The zero-order valence-corrected chi connectivity index (χ0v) is 15.1. The number of likely N-dealkylation sites (N-methyl/N-ethyl adjacent to an activating group) is 1. The predicted molar refractivity (Wildman–Crippen MR) is 94.5 cm³/mol. The molecule has 2 aliphatic heterocycles. The normalized spacial score (nSPS) is 24.5. The van der Waals surface area contributed by atoms with Gasteiger partial charge >= 0.3 is 0 Å². The zero-order valence-electron chi connectivity index (χ0n) is 15.1. The number of likely N-dealkylation sites (tertiary alicyclic amines) is 1. The summed E-state index contributed by atoms with van der Waals surface area (Å²) in [5, 5.41) is 3.55. The van der Waals surface area contributed by atoms with E-state index < -0.39 is 0 Å². The molecule has 0 spiro atoms. The van der Waals surface area contributed by atoms with Crippen LogP contribution in [-0.2, 0) is 0 Å². The van der Waals surface area contributed by atoms with E-state index in [-0.39, 0.29) is 0 Å². The fourth-order valence-corrected chi connectivity index (χ4v) is 3.45. The van der Waals surface area contributed by atoms with Gasteiger partial charge in [-0.05, 0) is 51.4 Å². The Labute approximate surface area is 136 Å². The molecule has 2 heterocycles. The van der Waals surface area contributed by atoms with E-state index in [1.54, 1.807) is 0 Å². The summed E-state index contributed by atoms with van der Waals surface area (Å²) >= 11 is 0. The molecule has 0 amide bonds. The molecule has 0 aliphatic carbocycles. The molecule has 0 aromatic carbocycles. The van der Waals surface area contributed by atoms with Gasteiger partial charge in [0.1, 0.15) is 0 Å². The molecule has 128 valence electrons. The first-order valence-corrected chi connectivity index (χ1v) is 8.87. The molecule has 5 nitrogen and oxygen atoms in total. The van der Waals surface area contributed by atoms with Crippen molar-refractivity contribution in [1.29, 1.82) is 0 Å². The summed E-state index contributed by atoms with van der Waals surface area (Å²) < 4.78 is 0. The molecule has 2 saturated heterocycles. The van der Waals surface area contributed by atoms with Gasteiger partial charge < -0.3 is 20.0 Å². The molecular weight excluding hydrogens is 274 g/mol. The van der Waals surface area contributed by atoms with Crippen LogP contribution < -0.4 is 5.32 Å². The van der Waals surface area contributed by atoms with E-state index in [2.05, 4.69) is 45.9 Å². The summed E-state index contributed by atoms with van der Waals surface area (Å²) in [4.78, 5) is 11.9. The summed E-state index contributed by atoms with van der Waals surface area (Å²) in [6, 6.07) is 0. The van der Waals surface area contributed by atoms with Gasteiger partial charge in [-0.2, -0.15) is 0 Å². The molecule has 0 atom stereocenters. The van der Waals surface area contributed by atoms with Crippen molar-refractivity contribution in [3.05, 3.63) is 0 Å². The third kappa shape index (κ3) is 5.43. The number of aliphatic imine (C=N–C) groups is 1. The Morgan fingerprint density at radius 3 is 2.64 bits per heavy atom. The summed E-state index contributed by atoms with van der Waals surface area (Å²) in [7, 11) is 4.13. The summed E-state index contributed by atoms with van der Waals surface area (Å²) in [5.41, 5.74) is 0.426. The van der Waals surface area contributed by atoms with Gasteiger partial charge in [0.15, 0.2) is 5.96 Å². The van der Waals surface area contributed by atoms with Gasteiger partial charge in [-0.25, -0.2) is 0 Å². The fourth-order valence-electron chi connectivity index (χ4n) is 3.45. The smallest absolute Gasteiger partial charge is 0.193 e. The van der Waals surface area contributed by atoms with Crippen LogP contribution in [0, 0.1) is 5.41 Å². The van der Waals surface area contributed by atoms with Gasteiger partial charge in [-0.1, -0.05) is 13.8 Å². The number of rotatable bonds is 4. The molecule has 0 saturated carbocycles. The third-order valence-corrected chi connectivity index (χ3v) is 4.94. The molecule has 2 aliphatic rings. The van der Waals surface area contributed by atoms with Crippen molar-refractivity contribution in [2.45, 2.75) is 33.1 Å². The molecule has 0 unspecified atom stereocenters. The highest BCUT2D eigenvalue weighted by Gasteiger charge is 2.30. The number of hydrogen-bond acceptors (Lipinski definition) is 3. The van der Waals surface area contributed by atoms with Crippen molar-refractivity contribution in [3.8, 4) is 0 Å². The van der Waals surface area contributed by atoms with Crippen molar-refractivity contribution in [2.24, 2.45) is 10.4 Å². The standard InChI is InChI=1S/C17H35N5/c1-17(2)7-12-22(15-17)16(18-3)19-8-5-10-21-11-6-9-20(4)13-14-21/h5-15H2,1-4H3,(H,18,19). The van der Waals surface area contributed by atoms with Crippen LogP contribution in [0.15, 0.2) is 4.99 Å². The largest absolute Gasteiger partial charge is 0.356 e. The van der Waals surface area contributed by atoms with Crippen molar-refractivity contribution in [1.82, 2.24) is 20.0 Å². The van der Waals surface area contributed by atoms with Crippen molar-refractivity contribution < 1.29 is 0 Å². The average Bonchev–Trinajstić information content (AvgIpc) is 2.70.